The summed E-state index contributed by atoms with van der Waals surface area (Å²) >= 11 is 0. The summed E-state index contributed by atoms with van der Waals surface area (Å²) in [5, 5.41) is 2.85. The fourth-order valence-corrected chi connectivity index (χ4v) is 5.40. The number of aromatic nitrogens is 1. The fraction of sp³-hybridized carbons (Fsp3) is 0.519. The van der Waals surface area contributed by atoms with Crippen LogP contribution in [0.2, 0.25) is 0 Å². The Morgan fingerprint density at radius 3 is 2.54 bits per heavy atom. The van der Waals surface area contributed by atoms with Crippen molar-refractivity contribution in [1.29, 1.82) is 0 Å². The Hall–Kier alpha value is -3.38. The van der Waals surface area contributed by atoms with E-state index < -0.39 is 30.6 Å². The van der Waals surface area contributed by atoms with Crippen LogP contribution in [-0.4, -0.2) is 80.0 Å². The highest BCUT2D eigenvalue weighted by Gasteiger charge is 2.36. The van der Waals surface area contributed by atoms with Gasteiger partial charge in [0.2, 0.25) is 5.91 Å². The van der Waals surface area contributed by atoms with Crippen molar-refractivity contribution < 1.29 is 27.5 Å². The molecular weight excluding hydrogens is 513 g/mol. The maximum atomic E-state index is 12.9. The molecule has 0 radical (unpaired) electrons. The zero-order valence-corrected chi connectivity index (χ0v) is 21.8. The molecule has 39 heavy (non-hydrogen) atoms. The lowest BCUT2D eigenvalue weighted by atomic mass is 10.00. The molecule has 210 valence electrons. The first-order valence-electron chi connectivity index (χ1n) is 13.2. The minimum Gasteiger partial charge on any atom is -0.378 e. The molecule has 3 aliphatic heterocycles. The Morgan fingerprint density at radius 1 is 1.10 bits per heavy atom. The van der Waals surface area contributed by atoms with E-state index in [1.807, 2.05) is 31.2 Å². The number of nitrogens with zero attached hydrogens (tertiary/aromatic N) is 4. The number of nitrogens with two attached hydrogens (primary N) is 1. The monoisotopic (exact) mass is 546 g/mol. The van der Waals surface area contributed by atoms with Gasteiger partial charge in [-0.1, -0.05) is 6.07 Å². The molecule has 3 fully saturated rings. The van der Waals surface area contributed by atoms with E-state index >= 15 is 0 Å². The van der Waals surface area contributed by atoms with E-state index in [9.17, 15) is 22.8 Å². The summed E-state index contributed by atoms with van der Waals surface area (Å²) in [5.41, 5.74) is 9.13. The van der Waals surface area contributed by atoms with Gasteiger partial charge in [-0.2, -0.15) is 13.2 Å². The second-order valence-electron chi connectivity index (χ2n) is 10.4. The second kappa shape index (κ2) is 11.0. The molecule has 0 aliphatic carbocycles. The van der Waals surface area contributed by atoms with Crippen molar-refractivity contribution in [1.82, 2.24) is 9.88 Å². The number of rotatable bonds is 5. The minimum atomic E-state index is -4.24. The lowest BCUT2D eigenvalue weighted by Crippen LogP contribution is -2.38. The quantitative estimate of drug-likeness (QED) is 0.592. The molecule has 12 heteroatoms. The number of benzene rings is 1. The van der Waals surface area contributed by atoms with Gasteiger partial charge in [0.15, 0.2) is 0 Å². The maximum absolute atomic E-state index is 12.9. The number of pyridine rings is 1. The third kappa shape index (κ3) is 6.27. The van der Waals surface area contributed by atoms with Crippen LogP contribution in [0.15, 0.2) is 30.3 Å². The molecule has 0 saturated carbocycles. The maximum Gasteiger partial charge on any atom is 0.389 e. The van der Waals surface area contributed by atoms with Crippen LogP contribution in [0.5, 0.6) is 0 Å². The number of anilines is 3. The van der Waals surface area contributed by atoms with E-state index in [4.69, 9.17) is 15.5 Å². The highest BCUT2D eigenvalue weighted by atomic mass is 19.4. The van der Waals surface area contributed by atoms with Crippen molar-refractivity contribution in [3.8, 4) is 11.1 Å². The van der Waals surface area contributed by atoms with Gasteiger partial charge in [0.25, 0.3) is 0 Å². The normalized spacial score (nSPS) is 22.1. The number of morpholine rings is 1. The number of halogens is 3. The van der Waals surface area contributed by atoms with E-state index in [1.54, 1.807) is 11.0 Å². The molecule has 1 aromatic heterocycles. The topological polar surface area (TPSA) is 104 Å². The molecule has 0 bridgehead atoms. The van der Waals surface area contributed by atoms with Crippen LogP contribution < -0.4 is 20.9 Å². The zero-order valence-electron chi connectivity index (χ0n) is 21.8. The van der Waals surface area contributed by atoms with Crippen LogP contribution in [0.3, 0.4) is 0 Å². The Morgan fingerprint density at radius 2 is 1.85 bits per heavy atom. The van der Waals surface area contributed by atoms with E-state index in [2.05, 4.69) is 10.2 Å². The lowest BCUT2D eigenvalue weighted by molar-refractivity contribution is -0.143. The molecule has 3 amide bonds. The number of aryl methyl sites for hydroxylation is 1. The molecule has 3 saturated heterocycles. The molecule has 3 N–H and O–H groups in total. The predicted molar refractivity (Wildman–Crippen MR) is 142 cm³/mol. The van der Waals surface area contributed by atoms with Gasteiger partial charge in [-0.05, 0) is 66.6 Å². The Kier molecular flexibility index (Phi) is 7.68. The zero-order chi connectivity index (χ0) is 27.7. The van der Waals surface area contributed by atoms with Crippen LogP contribution in [-0.2, 0) is 9.53 Å². The van der Waals surface area contributed by atoms with Crippen molar-refractivity contribution in [2.45, 2.75) is 38.4 Å². The highest BCUT2D eigenvalue weighted by Crippen LogP contribution is 2.34. The van der Waals surface area contributed by atoms with Crippen molar-refractivity contribution >= 4 is 29.3 Å². The summed E-state index contributed by atoms with van der Waals surface area (Å²) in [7, 11) is 0. The van der Waals surface area contributed by atoms with E-state index in [1.165, 1.54) is 4.90 Å². The molecular formula is C27H33F3N6O3. The van der Waals surface area contributed by atoms with Crippen LogP contribution in [0.4, 0.5) is 35.3 Å². The minimum absolute atomic E-state index is 0.0761. The number of carbonyl (C=O) groups excluding carboxylic acids is 2. The van der Waals surface area contributed by atoms with Gasteiger partial charge in [0.1, 0.15) is 11.6 Å². The van der Waals surface area contributed by atoms with Crippen molar-refractivity contribution in [3.05, 3.63) is 35.9 Å². The number of ether oxygens (including phenoxy) is 1. The Bertz CT molecular complexity index is 1230. The molecule has 0 spiro atoms. The molecule has 4 heterocycles. The number of hydrogen-bond donors (Lipinski definition) is 2. The van der Waals surface area contributed by atoms with E-state index in [-0.39, 0.29) is 19.0 Å². The summed E-state index contributed by atoms with van der Waals surface area (Å²) in [6, 6.07) is 8.35. The van der Waals surface area contributed by atoms with Gasteiger partial charge in [0.05, 0.1) is 19.3 Å². The van der Waals surface area contributed by atoms with Crippen molar-refractivity contribution in [2.24, 2.45) is 11.7 Å². The number of amides is 3. The molecule has 3 aliphatic rings. The SMILES string of the molecule is Cc1ccc(NC(=O)N2CCC(CC(F)(F)F)C2)cc1-c1cc(N2CCOCC2)nc(N2CC[C@H](N)C2=O)c1. The van der Waals surface area contributed by atoms with E-state index in [0.29, 0.717) is 57.2 Å². The third-order valence-electron chi connectivity index (χ3n) is 7.55. The van der Waals surface area contributed by atoms with Crippen LogP contribution in [0, 0.1) is 12.8 Å². The number of urea groups is 1. The van der Waals surface area contributed by atoms with E-state index in [0.717, 1.165) is 22.5 Å². The van der Waals surface area contributed by atoms with Crippen LogP contribution >= 0.6 is 0 Å². The number of hydrogen-bond acceptors (Lipinski definition) is 6. The molecule has 2 aromatic rings. The summed E-state index contributed by atoms with van der Waals surface area (Å²) in [6.45, 7) is 5.30. The van der Waals surface area contributed by atoms with Crippen molar-refractivity contribution in [2.75, 3.05) is 61.1 Å². The average Bonchev–Trinajstić information content (AvgIpc) is 3.50. The number of likely N-dealkylation sites (tertiary alicyclic amines) is 1. The first-order valence-corrected chi connectivity index (χ1v) is 13.2. The molecule has 2 atom stereocenters. The molecule has 9 nitrogen and oxygen atoms in total. The van der Waals surface area contributed by atoms with Gasteiger partial charge in [-0.25, -0.2) is 9.78 Å². The first-order chi connectivity index (χ1) is 18.6. The van der Waals surface area contributed by atoms with Crippen LogP contribution in [0.25, 0.3) is 11.1 Å². The Balaban J connectivity index is 1.40. The summed E-state index contributed by atoms with van der Waals surface area (Å²) in [4.78, 5) is 35.5. The predicted octanol–water partition coefficient (Wildman–Crippen LogP) is 3.76. The number of alkyl halides is 3. The third-order valence-corrected chi connectivity index (χ3v) is 7.55. The number of nitrogens with one attached hydrogen (secondary N) is 1. The standard InChI is InChI=1S/C27H33F3N6O3/c1-17-2-3-20(32-26(38)35-6-4-18(16-35)15-27(28,29)30)14-21(17)19-12-23(34-8-10-39-11-9-34)33-24(13-19)36-7-5-22(31)25(36)37/h2-3,12-14,18,22H,4-11,15-16,31H2,1H3,(H,32,38)/t18?,22-/m0/s1. The molecule has 1 aromatic carbocycles. The molecule has 1 unspecified atom stereocenters. The fourth-order valence-electron chi connectivity index (χ4n) is 5.40. The van der Waals surface area contributed by atoms with Gasteiger partial charge >= 0.3 is 12.2 Å². The van der Waals surface area contributed by atoms with Gasteiger partial charge in [-0.3, -0.25) is 9.69 Å². The summed E-state index contributed by atoms with van der Waals surface area (Å²) in [5.74, 6) is 0.494. The molecule has 5 rings (SSSR count). The van der Waals surface area contributed by atoms with Crippen molar-refractivity contribution in [3.63, 3.8) is 0 Å². The average molecular weight is 547 g/mol. The largest absolute Gasteiger partial charge is 0.389 e. The second-order valence-corrected chi connectivity index (χ2v) is 10.4. The number of carbonyl (C=O) groups is 2. The highest BCUT2D eigenvalue weighted by molar-refractivity contribution is 5.99. The summed E-state index contributed by atoms with van der Waals surface area (Å²) in [6.07, 6.45) is -4.24. The van der Waals surface area contributed by atoms with Gasteiger partial charge in [0, 0.05) is 44.8 Å². The van der Waals surface area contributed by atoms with Gasteiger partial charge < -0.3 is 25.6 Å². The Labute approximate surface area is 225 Å². The van der Waals surface area contributed by atoms with Gasteiger partial charge in [-0.15, -0.1) is 0 Å². The van der Waals surface area contributed by atoms with Crippen LogP contribution in [0.1, 0.15) is 24.8 Å². The smallest absolute Gasteiger partial charge is 0.378 e. The summed E-state index contributed by atoms with van der Waals surface area (Å²) < 4.78 is 43.8. The first kappa shape index (κ1) is 27.2. The lowest BCUT2D eigenvalue weighted by Gasteiger charge is -2.29.